The molecule has 0 unspecified atom stereocenters. The van der Waals surface area contributed by atoms with Gasteiger partial charge in [0, 0.05) is 35.4 Å². The molecule has 4 rings (SSSR count). The van der Waals surface area contributed by atoms with E-state index in [1.807, 2.05) is 0 Å². The molecule has 0 radical (unpaired) electrons. The van der Waals surface area contributed by atoms with Crippen molar-refractivity contribution in [3.05, 3.63) is 93.0 Å². The van der Waals surface area contributed by atoms with Gasteiger partial charge in [0.05, 0.1) is 9.85 Å². The van der Waals surface area contributed by atoms with Crippen LogP contribution in [0.15, 0.2) is 81.6 Å². The second-order valence-electron chi connectivity index (χ2n) is 5.94. The van der Waals surface area contributed by atoms with Crippen LogP contribution in [0.25, 0.3) is 34.2 Å². The van der Waals surface area contributed by atoms with Crippen molar-refractivity contribution in [1.82, 2.24) is 0 Å². The van der Waals surface area contributed by atoms with Gasteiger partial charge < -0.3 is 8.83 Å². The minimum absolute atomic E-state index is 0.00861. The summed E-state index contributed by atoms with van der Waals surface area (Å²) in [6, 6.07) is 19.1. The van der Waals surface area contributed by atoms with Gasteiger partial charge in [-0.1, -0.05) is 0 Å². The lowest BCUT2D eigenvalue weighted by Gasteiger charge is -1.98. The number of non-ortho nitro benzene ring substituents is 2. The maximum atomic E-state index is 10.7. The van der Waals surface area contributed by atoms with Gasteiger partial charge in [0.25, 0.3) is 11.4 Å². The Balaban J connectivity index is 1.57. The predicted octanol–water partition coefficient (Wildman–Crippen LogP) is 5.69. The predicted molar refractivity (Wildman–Crippen MR) is 101 cm³/mol. The van der Waals surface area contributed by atoms with E-state index >= 15 is 0 Å². The van der Waals surface area contributed by atoms with Crippen molar-refractivity contribution in [3.8, 4) is 34.2 Å². The zero-order valence-corrected chi connectivity index (χ0v) is 14.3. The van der Waals surface area contributed by atoms with Crippen molar-refractivity contribution in [2.24, 2.45) is 0 Å². The molecule has 0 aliphatic rings. The van der Waals surface area contributed by atoms with E-state index < -0.39 is 9.85 Å². The largest absolute Gasteiger partial charge is 0.453 e. The molecule has 2 heterocycles. The van der Waals surface area contributed by atoms with Crippen LogP contribution < -0.4 is 0 Å². The van der Waals surface area contributed by atoms with Crippen LogP contribution in [0.5, 0.6) is 0 Å². The highest BCUT2D eigenvalue weighted by Gasteiger charge is 2.13. The van der Waals surface area contributed by atoms with Crippen molar-refractivity contribution >= 4 is 11.4 Å². The number of nitro benzene ring substituents is 2. The number of hydrogen-bond acceptors (Lipinski definition) is 6. The van der Waals surface area contributed by atoms with E-state index in [1.54, 1.807) is 48.5 Å². The van der Waals surface area contributed by atoms with Crippen molar-refractivity contribution in [3.63, 3.8) is 0 Å². The van der Waals surface area contributed by atoms with Crippen LogP contribution in [0.3, 0.4) is 0 Å². The summed E-state index contributed by atoms with van der Waals surface area (Å²) in [6.45, 7) is 0. The molecule has 0 aliphatic carbocycles. The molecule has 0 amide bonds. The second kappa shape index (κ2) is 6.84. The summed E-state index contributed by atoms with van der Waals surface area (Å²) in [5, 5.41) is 21.5. The third-order valence-electron chi connectivity index (χ3n) is 4.18. The minimum Gasteiger partial charge on any atom is -0.453 e. The Hall–Kier alpha value is -4.20. The Bertz CT molecular complexity index is 1060. The van der Waals surface area contributed by atoms with Crippen LogP contribution in [-0.2, 0) is 0 Å². The number of nitrogens with zero attached hydrogens (tertiary/aromatic N) is 2. The Morgan fingerprint density at radius 2 is 0.821 bits per heavy atom. The molecule has 0 spiro atoms. The van der Waals surface area contributed by atoms with Gasteiger partial charge in [-0.3, -0.25) is 20.2 Å². The van der Waals surface area contributed by atoms with Gasteiger partial charge in [0.15, 0.2) is 11.5 Å². The molecule has 0 bridgehead atoms. The molecular formula is C20H12N2O6. The van der Waals surface area contributed by atoms with Crippen LogP contribution >= 0.6 is 0 Å². The third-order valence-corrected chi connectivity index (χ3v) is 4.18. The molecule has 2 aromatic heterocycles. The third kappa shape index (κ3) is 3.26. The molecule has 0 saturated carbocycles. The van der Waals surface area contributed by atoms with E-state index in [0.717, 1.165) is 0 Å². The highest BCUT2D eigenvalue weighted by molar-refractivity contribution is 5.66. The Labute approximate surface area is 157 Å². The highest BCUT2D eigenvalue weighted by atomic mass is 16.6. The number of benzene rings is 2. The summed E-state index contributed by atoms with van der Waals surface area (Å²) in [7, 11) is 0. The van der Waals surface area contributed by atoms with Gasteiger partial charge in [0.1, 0.15) is 11.5 Å². The first kappa shape index (κ1) is 17.2. The first-order valence-electron chi connectivity index (χ1n) is 8.21. The fourth-order valence-electron chi connectivity index (χ4n) is 2.75. The van der Waals surface area contributed by atoms with Crippen LogP contribution in [0.1, 0.15) is 0 Å². The molecular weight excluding hydrogens is 364 g/mol. The van der Waals surface area contributed by atoms with Crippen molar-refractivity contribution in [2.75, 3.05) is 0 Å². The number of hydrogen-bond donors (Lipinski definition) is 0. The Kier molecular flexibility index (Phi) is 4.21. The average molecular weight is 376 g/mol. The number of nitro groups is 2. The molecule has 4 aromatic rings. The van der Waals surface area contributed by atoms with Gasteiger partial charge in [-0.25, -0.2) is 0 Å². The summed E-state index contributed by atoms with van der Waals surface area (Å²) in [4.78, 5) is 20.6. The smallest absolute Gasteiger partial charge is 0.269 e. The van der Waals surface area contributed by atoms with Gasteiger partial charge in [-0.15, -0.1) is 0 Å². The monoisotopic (exact) mass is 376 g/mol. The lowest BCUT2D eigenvalue weighted by molar-refractivity contribution is -0.385. The zero-order valence-electron chi connectivity index (χ0n) is 14.3. The summed E-state index contributed by atoms with van der Waals surface area (Å²) in [5.74, 6) is 2.11. The van der Waals surface area contributed by atoms with E-state index in [4.69, 9.17) is 8.83 Å². The van der Waals surface area contributed by atoms with E-state index in [9.17, 15) is 20.2 Å². The zero-order chi connectivity index (χ0) is 19.7. The van der Waals surface area contributed by atoms with E-state index in [2.05, 4.69) is 0 Å². The first-order valence-corrected chi connectivity index (χ1v) is 8.21. The van der Waals surface area contributed by atoms with E-state index in [-0.39, 0.29) is 11.4 Å². The molecule has 0 fully saturated rings. The van der Waals surface area contributed by atoms with Crippen LogP contribution in [0, 0.1) is 20.2 Å². The van der Waals surface area contributed by atoms with Crippen LogP contribution in [0.4, 0.5) is 11.4 Å². The summed E-state index contributed by atoms with van der Waals surface area (Å²) in [5.41, 5.74) is 1.43. The molecule has 8 nitrogen and oxygen atoms in total. The van der Waals surface area contributed by atoms with Gasteiger partial charge in [-0.05, 0) is 48.5 Å². The second-order valence-corrected chi connectivity index (χ2v) is 5.94. The number of rotatable bonds is 5. The van der Waals surface area contributed by atoms with Gasteiger partial charge in [0.2, 0.25) is 0 Å². The van der Waals surface area contributed by atoms with Gasteiger partial charge in [-0.2, -0.15) is 0 Å². The average Bonchev–Trinajstić information content (AvgIpc) is 3.38. The number of furan rings is 2. The first-order chi connectivity index (χ1) is 13.5. The molecule has 0 N–H and O–H groups in total. The summed E-state index contributed by atoms with van der Waals surface area (Å²) in [6.07, 6.45) is 0. The topological polar surface area (TPSA) is 113 Å². The maximum absolute atomic E-state index is 10.7. The molecule has 138 valence electrons. The maximum Gasteiger partial charge on any atom is 0.269 e. The minimum atomic E-state index is -0.458. The van der Waals surface area contributed by atoms with Crippen molar-refractivity contribution < 1.29 is 18.7 Å². The van der Waals surface area contributed by atoms with Crippen molar-refractivity contribution in [1.29, 1.82) is 0 Å². The normalized spacial score (nSPS) is 10.7. The van der Waals surface area contributed by atoms with E-state index in [0.29, 0.717) is 34.2 Å². The van der Waals surface area contributed by atoms with Crippen LogP contribution in [-0.4, -0.2) is 9.85 Å². The molecule has 0 atom stereocenters. The summed E-state index contributed by atoms with van der Waals surface area (Å²) >= 11 is 0. The molecule has 2 aromatic carbocycles. The quantitative estimate of drug-likeness (QED) is 0.326. The highest BCUT2D eigenvalue weighted by Crippen LogP contribution is 2.33. The Morgan fingerprint density at radius 1 is 0.500 bits per heavy atom. The van der Waals surface area contributed by atoms with Gasteiger partial charge >= 0.3 is 0 Å². The standard InChI is InChI=1S/C20H12N2O6/c23-21(24)15-5-1-13(2-6-15)17-9-11-19(27-17)20-12-10-18(28-20)14-3-7-16(8-4-14)22(25)26/h1-12H. The van der Waals surface area contributed by atoms with E-state index in [1.165, 1.54) is 24.3 Å². The Morgan fingerprint density at radius 3 is 1.14 bits per heavy atom. The lowest BCUT2D eigenvalue weighted by atomic mass is 10.1. The summed E-state index contributed by atoms with van der Waals surface area (Å²) < 4.78 is 11.6. The van der Waals surface area contributed by atoms with Crippen LogP contribution in [0.2, 0.25) is 0 Å². The fourth-order valence-corrected chi connectivity index (χ4v) is 2.75. The van der Waals surface area contributed by atoms with Crippen molar-refractivity contribution in [2.45, 2.75) is 0 Å². The lowest BCUT2D eigenvalue weighted by Crippen LogP contribution is -1.86. The molecule has 0 aliphatic heterocycles. The molecule has 0 saturated heterocycles. The SMILES string of the molecule is O=[N+]([O-])c1ccc(-c2ccc(-c3ccc(-c4ccc([N+](=O)[O-])cc4)o3)o2)cc1. The molecule has 8 heteroatoms. The molecule has 28 heavy (non-hydrogen) atoms. The fraction of sp³-hybridized carbons (Fsp3) is 0.